The third kappa shape index (κ3) is 3.31. The second kappa shape index (κ2) is 7.10. The van der Waals surface area contributed by atoms with E-state index in [0.29, 0.717) is 11.6 Å². The van der Waals surface area contributed by atoms with Crippen molar-refractivity contribution in [2.24, 2.45) is 5.92 Å². The number of fused-ring (bicyclic) bond motifs is 1. The summed E-state index contributed by atoms with van der Waals surface area (Å²) in [6.07, 6.45) is 5.55. The van der Waals surface area contributed by atoms with Crippen LogP contribution in [0.3, 0.4) is 0 Å². The fourth-order valence-electron chi connectivity index (χ4n) is 4.20. The summed E-state index contributed by atoms with van der Waals surface area (Å²) in [7, 11) is 0. The molecule has 2 aliphatic rings. The van der Waals surface area contributed by atoms with Gasteiger partial charge in [0.2, 0.25) is 0 Å². The summed E-state index contributed by atoms with van der Waals surface area (Å²) in [5.41, 5.74) is 7.22. The van der Waals surface area contributed by atoms with E-state index in [0.717, 1.165) is 31.1 Å². The van der Waals surface area contributed by atoms with E-state index in [1.165, 1.54) is 12.5 Å². The van der Waals surface area contributed by atoms with E-state index in [9.17, 15) is 9.18 Å². The van der Waals surface area contributed by atoms with Crippen molar-refractivity contribution in [3.8, 4) is 6.07 Å². The number of rotatable bonds is 3. The molecule has 1 amide bonds. The number of carbonyl (C=O) groups is 1. The van der Waals surface area contributed by atoms with Gasteiger partial charge in [0.25, 0.3) is 5.91 Å². The molecule has 27 heavy (non-hydrogen) atoms. The molecule has 2 heterocycles. The van der Waals surface area contributed by atoms with Crippen LogP contribution in [0.15, 0.2) is 29.1 Å². The van der Waals surface area contributed by atoms with Crippen LogP contribution in [-0.2, 0) is 0 Å². The number of carbonyl (C=O) groups excluding carboxylic acids is 1. The number of hydrogen-bond acceptors (Lipinski definition) is 6. The molecular weight excluding hydrogens is 349 g/mol. The lowest BCUT2D eigenvalue weighted by molar-refractivity contribution is 0.0909. The molecule has 2 fully saturated rings. The lowest BCUT2D eigenvalue weighted by Crippen LogP contribution is -2.44. The van der Waals surface area contributed by atoms with Crippen molar-refractivity contribution in [2.45, 2.75) is 44.3 Å². The van der Waals surface area contributed by atoms with Crippen LogP contribution in [0.4, 0.5) is 4.39 Å². The topological polar surface area (TPSA) is 103 Å². The first-order valence-electron chi connectivity index (χ1n) is 8.97. The third-order valence-corrected chi connectivity index (χ3v) is 5.49. The number of hydrogen-bond donors (Lipinski definition) is 3. The Morgan fingerprint density at radius 1 is 1.41 bits per heavy atom. The van der Waals surface area contributed by atoms with Crippen LogP contribution < -0.4 is 16.2 Å². The Morgan fingerprint density at radius 2 is 2.26 bits per heavy atom. The zero-order valence-corrected chi connectivity index (χ0v) is 14.8. The summed E-state index contributed by atoms with van der Waals surface area (Å²) in [6.45, 7) is 1.64. The van der Waals surface area contributed by atoms with Crippen molar-refractivity contribution < 1.29 is 13.6 Å². The molecule has 0 bridgehead atoms. The van der Waals surface area contributed by atoms with Gasteiger partial charge in [0.1, 0.15) is 11.6 Å². The summed E-state index contributed by atoms with van der Waals surface area (Å²) >= 11 is 0. The van der Waals surface area contributed by atoms with Crippen molar-refractivity contribution in [3.63, 3.8) is 0 Å². The van der Waals surface area contributed by atoms with Crippen molar-refractivity contribution in [1.29, 1.82) is 5.26 Å². The molecule has 0 radical (unpaired) electrons. The molecule has 8 heteroatoms. The average Bonchev–Trinajstić information content (AvgIpc) is 3.29. The van der Waals surface area contributed by atoms with Crippen molar-refractivity contribution in [1.82, 2.24) is 21.2 Å². The number of amides is 1. The molecular formula is C19H20FN5O2. The zero-order valence-electron chi connectivity index (χ0n) is 14.8. The number of halogens is 1. The number of nitrogens with zero attached hydrogens (tertiary/aromatic N) is 2. The normalized spacial score (nSPS) is 27.0. The van der Waals surface area contributed by atoms with Crippen LogP contribution in [0.1, 0.15) is 52.5 Å². The molecule has 1 aliphatic carbocycles. The molecule has 1 saturated heterocycles. The summed E-state index contributed by atoms with van der Waals surface area (Å²) in [5.74, 6) is -0.102. The number of aryl methyl sites for hydroxylation is 1. The van der Waals surface area contributed by atoms with E-state index in [4.69, 9.17) is 9.68 Å². The molecule has 4 atom stereocenters. The molecule has 4 rings (SSSR count). The maximum atomic E-state index is 14.3. The number of aromatic nitrogens is 1. The Hall–Kier alpha value is -2.76. The first kappa shape index (κ1) is 17.6. The van der Waals surface area contributed by atoms with Gasteiger partial charge in [-0.1, -0.05) is 0 Å². The van der Waals surface area contributed by atoms with E-state index < -0.39 is 11.7 Å². The van der Waals surface area contributed by atoms with E-state index in [1.807, 2.05) is 6.07 Å². The summed E-state index contributed by atoms with van der Waals surface area (Å²) in [6, 6.07) is 4.76. The Morgan fingerprint density at radius 3 is 2.96 bits per heavy atom. The van der Waals surface area contributed by atoms with E-state index in [-0.39, 0.29) is 29.1 Å². The van der Waals surface area contributed by atoms with Gasteiger partial charge in [-0.05, 0) is 43.9 Å². The number of hydrazine groups is 1. The summed E-state index contributed by atoms with van der Waals surface area (Å²) < 4.78 is 19.7. The van der Waals surface area contributed by atoms with E-state index in [1.54, 1.807) is 13.1 Å². The van der Waals surface area contributed by atoms with Crippen LogP contribution in [0.2, 0.25) is 0 Å². The average molecular weight is 369 g/mol. The molecule has 1 saturated carbocycles. The van der Waals surface area contributed by atoms with Gasteiger partial charge in [-0.3, -0.25) is 10.2 Å². The first-order valence-corrected chi connectivity index (χ1v) is 8.97. The quantitative estimate of drug-likeness (QED) is 0.766. The predicted octanol–water partition coefficient (Wildman–Crippen LogP) is 2.11. The van der Waals surface area contributed by atoms with Crippen LogP contribution in [0.25, 0.3) is 0 Å². The maximum Gasteiger partial charge on any atom is 0.254 e. The van der Waals surface area contributed by atoms with Crippen LogP contribution in [0, 0.1) is 30.0 Å². The molecule has 4 unspecified atom stereocenters. The third-order valence-electron chi connectivity index (χ3n) is 5.49. The number of nitrogens with one attached hydrogen (secondary N) is 3. The van der Waals surface area contributed by atoms with Gasteiger partial charge in [0, 0.05) is 18.0 Å². The number of oxazole rings is 1. The smallest absolute Gasteiger partial charge is 0.254 e. The van der Waals surface area contributed by atoms with Crippen LogP contribution >= 0.6 is 0 Å². The number of nitriles is 1. The second-order valence-electron chi connectivity index (χ2n) is 7.19. The minimum Gasteiger partial charge on any atom is -0.447 e. The highest BCUT2D eigenvalue weighted by Crippen LogP contribution is 2.38. The summed E-state index contributed by atoms with van der Waals surface area (Å²) in [5, 5.41) is 11.9. The molecule has 140 valence electrons. The van der Waals surface area contributed by atoms with Crippen LogP contribution in [0.5, 0.6) is 0 Å². The second-order valence-corrected chi connectivity index (χ2v) is 7.19. The Bertz CT molecular complexity index is 869. The Kier molecular flexibility index (Phi) is 4.64. The van der Waals surface area contributed by atoms with Gasteiger partial charge in [-0.15, -0.1) is 0 Å². The van der Waals surface area contributed by atoms with Crippen molar-refractivity contribution >= 4 is 5.91 Å². The van der Waals surface area contributed by atoms with Crippen molar-refractivity contribution in [3.05, 3.63) is 53.0 Å². The molecule has 1 aliphatic heterocycles. The molecule has 0 spiro atoms. The zero-order chi connectivity index (χ0) is 19.0. The Labute approximate surface area is 155 Å². The van der Waals surface area contributed by atoms with Crippen LogP contribution in [-0.4, -0.2) is 23.0 Å². The molecule has 1 aromatic carbocycles. The molecule has 7 nitrogen and oxygen atoms in total. The minimum atomic E-state index is -0.665. The fourth-order valence-corrected chi connectivity index (χ4v) is 4.20. The SMILES string of the molecule is Cc1cc(C#N)cc(F)c1C(=O)NC1CCC2NNC(c3cnco3)C2C1. The van der Waals surface area contributed by atoms with Crippen molar-refractivity contribution in [2.75, 3.05) is 0 Å². The monoisotopic (exact) mass is 369 g/mol. The fraction of sp³-hybridized carbons (Fsp3) is 0.421. The minimum absolute atomic E-state index is 0.00517. The Balaban J connectivity index is 1.48. The van der Waals surface area contributed by atoms with E-state index in [2.05, 4.69) is 21.2 Å². The molecule has 1 aromatic heterocycles. The maximum absolute atomic E-state index is 14.3. The largest absolute Gasteiger partial charge is 0.447 e. The summed E-state index contributed by atoms with van der Waals surface area (Å²) in [4.78, 5) is 16.6. The van der Waals surface area contributed by atoms with Gasteiger partial charge in [0.05, 0.1) is 29.4 Å². The van der Waals surface area contributed by atoms with Gasteiger partial charge in [-0.2, -0.15) is 5.26 Å². The van der Waals surface area contributed by atoms with Gasteiger partial charge in [-0.25, -0.2) is 14.8 Å². The lowest BCUT2D eigenvalue weighted by atomic mass is 9.78. The van der Waals surface area contributed by atoms with Gasteiger partial charge in [0.15, 0.2) is 6.39 Å². The van der Waals surface area contributed by atoms with Gasteiger partial charge >= 0.3 is 0 Å². The highest BCUT2D eigenvalue weighted by atomic mass is 19.1. The van der Waals surface area contributed by atoms with E-state index >= 15 is 0 Å². The predicted molar refractivity (Wildman–Crippen MR) is 93.8 cm³/mol. The molecule has 2 aromatic rings. The first-order chi connectivity index (χ1) is 13.1. The highest BCUT2D eigenvalue weighted by molar-refractivity contribution is 5.96. The standard InChI is InChI=1S/C19H20FN5O2/c1-10-4-11(7-21)5-14(20)17(10)19(26)23-12-2-3-15-13(6-12)18(25-24-15)16-8-22-9-27-16/h4-5,8-9,12-13,15,18,24-25H,2-3,6H2,1H3,(H,23,26). The number of benzene rings is 1. The molecule has 3 N–H and O–H groups in total. The highest BCUT2D eigenvalue weighted by Gasteiger charge is 2.42. The lowest BCUT2D eigenvalue weighted by Gasteiger charge is -2.33. The van der Waals surface area contributed by atoms with Gasteiger partial charge < -0.3 is 9.73 Å².